The molecule has 10 heteroatoms. The molecule has 1 amide bonds. The minimum absolute atomic E-state index is 0.154. The van der Waals surface area contributed by atoms with Crippen LogP contribution in [-0.2, 0) is 26.0 Å². The lowest BCUT2D eigenvalue weighted by atomic mass is 10.1. The summed E-state index contributed by atoms with van der Waals surface area (Å²) in [4.78, 5) is 21.7. The molecule has 2 aromatic carbocycles. The first-order valence-corrected chi connectivity index (χ1v) is 9.42. The topological polar surface area (TPSA) is 128 Å². The van der Waals surface area contributed by atoms with E-state index in [2.05, 4.69) is 10.0 Å². The number of hydrogen-bond donors (Lipinski definition) is 2. The Morgan fingerprint density at radius 3 is 2.52 bits per heavy atom. The number of benzene rings is 2. The molecule has 2 N–H and O–H groups in total. The lowest BCUT2D eigenvalue weighted by Gasteiger charge is -2.09. The monoisotopic (exact) mass is 393 g/mol. The summed E-state index contributed by atoms with van der Waals surface area (Å²) in [5.41, 5.74) is 0.681. The molecule has 27 heavy (non-hydrogen) atoms. The summed E-state index contributed by atoms with van der Waals surface area (Å²) >= 11 is 0. The molecule has 0 unspecified atom stereocenters. The summed E-state index contributed by atoms with van der Waals surface area (Å²) in [6.07, 6.45) is 0.154. The van der Waals surface area contributed by atoms with E-state index in [0.717, 1.165) is 6.07 Å². The van der Waals surface area contributed by atoms with Gasteiger partial charge >= 0.3 is 0 Å². The fraction of sp³-hybridized carbons (Fsp3) is 0.235. The van der Waals surface area contributed by atoms with E-state index in [1.54, 1.807) is 19.2 Å². The Balaban J connectivity index is 2.04. The fourth-order valence-corrected chi connectivity index (χ4v) is 3.31. The van der Waals surface area contributed by atoms with Crippen LogP contribution >= 0.6 is 0 Å². The molecule has 0 aromatic heterocycles. The Morgan fingerprint density at radius 1 is 1.19 bits per heavy atom. The molecule has 0 saturated heterocycles. The number of rotatable bonds is 9. The number of carbonyl (C=O) groups is 1. The van der Waals surface area contributed by atoms with Gasteiger partial charge in [-0.3, -0.25) is 19.6 Å². The van der Waals surface area contributed by atoms with Crippen molar-refractivity contribution in [1.82, 2.24) is 5.32 Å². The number of amides is 1. The van der Waals surface area contributed by atoms with Crippen molar-refractivity contribution in [3.05, 3.63) is 64.2 Å². The van der Waals surface area contributed by atoms with E-state index in [1.165, 1.54) is 30.3 Å². The van der Waals surface area contributed by atoms with E-state index in [-0.39, 0.29) is 28.6 Å². The number of carbonyl (C=O) groups excluding carboxylic acids is 1. The van der Waals surface area contributed by atoms with Crippen molar-refractivity contribution in [2.24, 2.45) is 0 Å². The smallest absolute Gasteiger partial charge is 0.270 e. The van der Waals surface area contributed by atoms with Crippen molar-refractivity contribution in [1.29, 1.82) is 0 Å². The first-order valence-electron chi connectivity index (χ1n) is 7.93. The van der Waals surface area contributed by atoms with E-state index in [1.807, 2.05) is 0 Å². The van der Waals surface area contributed by atoms with Crippen LogP contribution in [0.4, 0.5) is 11.4 Å². The van der Waals surface area contributed by atoms with Crippen LogP contribution in [0.2, 0.25) is 0 Å². The van der Waals surface area contributed by atoms with E-state index in [9.17, 15) is 23.3 Å². The highest BCUT2D eigenvalue weighted by Crippen LogP contribution is 2.20. The molecular formula is C17H19N3O6S. The molecule has 0 saturated carbocycles. The zero-order valence-corrected chi connectivity index (χ0v) is 15.4. The quantitative estimate of drug-likeness (QED) is 0.379. The van der Waals surface area contributed by atoms with E-state index in [4.69, 9.17) is 4.74 Å². The molecule has 0 atom stereocenters. The second-order valence-corrected chi connectivity index (χ2v) is 7.26. The standard InChI is InChI=1S/C17H19N3O6S/c1-26-10-9-18-17(21)11-13-5-7-14(8-6-13)19-27(24,25)16-4-2-3-15(12-16)20(22)23/h2-8,12,19H,9-11H2,1H3,(H,18,21). The summed E-state index contributed by atoms with van der Waals surface area (Å²) in [7, 11) is -2.43. The van der Waals surface area contributed by atoms with Crippen molar-refractivity contribution in [2.45, 2.75) is 11.3 Å². The SMILES string of the molecule is COCCNC(=O)Cc1ccc(NS(=O)(=O)c2cccc([N+](=O)[O-])c2)cc1. The highest BCUT2D eigenvalue weighted by molar-refractivity contribution is 7.92. The summed E-state index contributed by atoms with van der Waals surface area (Å²) in [5, 5.41) is 13.5. The maximum Gasteiger partial charge on any atom is 0.270 e. The van der Waals surface area contributed by atoms with Gasteiger partial charge in [0.05, 0.1) is 22.8 Å². The van der Waals surface area contributed by atoms with Crippen LogP contribution in [0.15, 0.2) is 53.4 Å². The van der Waals surface area contributed by atoms with Gasteiger partial charge in [0.25, 0.3) is 15.7 Å². The Morgan fingerprint density at radius 2 is 1.89 bits per heavy atom. The van der Waals surface area contributed by atoms with Crippen LogP contribution in [0.1, 0.15) is 5.56 Å². The third kappa shape index (κ3) is 6.04. The van der Waals surface area contributed by atoms with Gasteiger partial charge in [-0.1, -0.05) is 18.2 Å². The summed E-state index contributed by atoms with van der Waals surface area (Å²) < 4.78 is 32.0. The molecular weight excluding hydrogens is 374 g/mol. The normalized spacial score (nSPS) is 11.0. The van der Waals surface area contributed by atoms with Crippen molar-refractivity contribution >= 4 is 27.3 Å². The number of nitro groups is 1. The third-order valence-corrected chi connectivity index (χ3v) is 4.92. The molecule has 0 bridgehead atoms. The Hall–Kier alpha value is -2.98. The van der Waals surface area contributed by atoms with Gasteiger partial charge in [-0.05, 0) is 23.8 Å². The predicted octanol–water partition coefficient (Wildman–Crippen LogP) is 1.70. The number of ether oxygens (including phenoxy) is 1. The summed E-state index contributed by atoms with van der Waals surface area (Å²) in [6, 6.07) is 11.1. The highest BCUT2D eigenvalue weighted by Gasteiger charge is 2.17. The molecule has 9 nitrogen and oxygen atoms in total. The van der Waals surface area contributed by atoms with Gasteiger partial charge in [0.2, 0.25) is 5.91 Å². The average Bonchev–Trinajstić information content (AvgIpc) is 2.63. The molecule has 0 aliphatic heterocycles. The third-order valence-electron chi connectivity index (χ3n) is 3.54. The molecule has 0 aliphatic carbocycles. The fourth-order valence-electron chi connectivity index (χ4n) is 2.21. The lowest BCUT2D eigenvalue weighted by Crippen LogP contribution is -2.28. The zero-order chi connectivity index (χ0) is 19.9. The van der Waals surface area contributed by atoms with Gasteiger partial charge in [-0.15, -0.1) is 0 Å². The molecule has 2 rings (SSSR count). The van der Waals surface area contributed by atoms with Gasteiger partial charge in [0.1, 0.15) is 0 Å². The van der Waals surface area contributed by atoms with Crippen molar-refractivity contribution in [3.8, 4) is 0 Å². The average molecular weight is 393 g/mol. The maximum atomic E-state index is 12.4. The van der Waals surface area contributed by atoms with Crippen LogP contribution in [0.25, 0.3) is 0 Å². The van der Waals surface area contributed by atoms with Crippen molar-refractivity contribution < 1.29 is 22.9 Å². The van der Waals surface area contributed by atoms with Crippen LogP contribution in [0, 0.1) is 10.1 Å². The molecule has 144 valence electrons. The minimum atomic E-state index is -3.97. The molecule has 0 fully saturated rings. The molecule has 0 spiro atoms. The predicted molar refractivity (Wildman–Crippen MR) is 98.9 cm³/mol. The Labute approximate surface area is 156 Å². The van der Waals surface area contributed by atoms with Crippen molar-refractivity contribution in [3.63, 3.8) is 0 Å². The van der Waals surface area contributed by atoms with Crippen LogP contribution < -0.4 is 10.0 Å². The van der Waals surface area contributed by atoms with E-state index < -0.39 is 14.9 Å². The van der Waals surface area contributed by atoms with Gasteiger partial charge in [-0.25, -0.2) is 8.42 Å². The van der Waals surface area contributed by atoms with Crippen LogP contribution in [-0.4, -0.2) is 39.5 Å². The van der Waals surface area contributed by atoms with E-state index in [0.29, 0.717) is 18.7 Å². The van der Waals surface area contributed by atoms with Crippen molar-refractivity contribution in [2.75, 3.05) is 25.0 Å². The number of nitrogens with zero attached hydrogens (tertiary/aromatic N) is 1. The van der Waals surface area contributed by atoms with Crippen LogP contribution in [0.5, 0.6) is 0 Å². The van der Waals surface area contributed by atoms with Gasteiger partial charge < -0.3 is 10.1 Å². The Kier molecular flexibility index (Phi) is 6.85. The Bertz CT molecular complexity index is 913. The largest absolute Gasteiger partial charge is 0.383 e. The second-order valence-electron chi connectivity index (χ2n) is 5.58. The first-order chi connectivity index (χ1) is 12.8. The first kappa shape index (κ1) is 20.3. The maximum absolute atomic E-state index is 12.4. The molecule has 0 heterocycles. The number of nitrogens with one attached hydrogen (secondary N) is 2. The van der Waals surface area contributed by atoms with Gasteiger partial charge in [0, 0.05) is 31.5 Å². The number of hydrogen-bond acceptors (Lipinski definition) is 6. The number of nitro benzene ring substituents is 1. The zero-order valence-electron chi connectivity index (χ0n) is 14.5. The molecule has 0 aliphatic rings. The number of anilines is 1. The van der Waals surface area contributed by atoms with Crippen LogP contribution in [0.3, 0.4) is 0 Å². The number of sulfonamides is 1. The molecule has 2 aromatic rings. The van der Waals surface area contributed by atoms with Gasteiger partial charge in [-0.2, -0.15) is 0 Å². The number of methoxy groups -OCH3 is 1. The van der Waals surface area contributed by atoms with Gasteiger partial charge in [0.15, 0.2) is 0 Å². The molecule has 0 radical (unpaired) electrons. The summed E-state index contributed by atoms with van der Waals surface area (Å²) in [5.74, 6) is -0.169. The highest BCUT2D eigenvalue weighted by atomic mass is 32.2. The second kappa shape index (κ2) is 9.10. The van der Waals surface area contributed by atoms with E-state index >= 15 is 0 Å². The summed E-state index contributed by atoms with van der Waals surface area (Å²) in [6.45, 7) is 0.834. The minimum Gasteiger partial charge on any atom is -0.383 e. The number of non-ortho nitro benzene ring substituents is 1. The lowest BCUT2D eigenvalue weighted by molar-refractivity contribution is -0.385.